The van der Waals surface area contributed by atoms with Gasteiger partial charge in [0.05, 0.1) is 0 Å². The number of hydrogen-bond donors (Lipinski definition) is 0. The zero-order valence-electron chi connectivity index (χ0n) is 9.03. The second-order valence-electron chi connectivity index (χ2n) is 3.15. The van der Waals surface area contributed by atoms with E-state index in [0.717, 1.165) is 25.7 Å². The standard InChI is InChI=1S/C10H20O2S2/c1-3-5-7-13(11)9-10-14(12)8-6-4-2/h9-10H,3-8H2,1-2H3/b10-9+. The van der Waals surface area contributed by atoms with Crippen molar-refractivity contribution in [3.05, 3.63) is 10.8 Å². The van der Waals surface area contributed by atoms with Crippen molar-refractivity contribution < 1.29 is 8.42 Å². The van der Waals surface area contributed by atoms with Crippen LogP contribution in [0.5, 0.6) is 0 Å². The summed E-state index contributed by atoms with van der Waals surface area (Å²) in [6.07, 6.45) is 4.05. The Hall–Kier alpha value is 0.0400. The van der Waals surface area contributed by atoms with Gasteiger partial charge in [-0.05, 0) is 12.8 Å². The number of unbranched alkanes of at least 4 members (excludes halogenated alkanes) is 2. The highest BCUT2D eigenvalue weighted by atomic mass is 32.2. The van der Waals surface area contributed by atoms with Crippen LogP contribution in [0.2, 0.25) is 0 Å². The zero-order valence-corrected chi connectivity index (χ0v) is 10.7. The lowest BCUT2D eigenvalue weighted by molar-refractivity contribution is 0.682. The molecule has 0 saturated carbocycles. The van der Waals surface area contributed by atoms with E-state index >= 15 is 0 Å². The second kappa shape index (κ2) is 9.59. The minimum absolute atomic E-state index is 0.692. The summed E-state index contributed by atoms with van der Waals surface area (Å²) in [6, 6.07) is 0. The fraction of sp³-hybridized carbons (Fsp3) is 0.800. The van der Waals surface area contributed by atoms with Crippen LogP contribution >= 0.6 is 0 Å². The van der Waals surface area contributed by atoms with E-state index < -0.39 is 21.6 Å². The van der Waals surface area contributed by atoms with Gasteiger partial charge in [-0.25, -0.2) is 0 Å². The summed E-state index contributed by atoms with van der Waals surface area (Å²) in [5, 5.41) is 3.17. The van der Waals surface area contributed by atoms with Crippen molar-refractivity contribution in [2.45, 2.75) is 39.5 Å². The first-order chi connectivity index (χ1) is 6.70. The number of hydrogen-bond acceptors (Lipinski definition) is 2. The van der Waals surface area contributed by atoms with Crippen LogP contribution in [-0.4, -0.2) is 19.9 Å². The molecule has 0 aliphatic carbocycles. The van der Waals surface area contributed by atoms with Gasteiger partial charge in [-0.15, -0.1) is 0 Å². The van der Waals surface area contributed by atoms with Crippen molar-refractivity contribution >= 4 is 21.6 Å². The lowest BCUT2D eigenvalue weighted by Crippen LogP contribution is -1.95. The molecule has 0 saturated heterocycles. The van der Waals surface area contributed by atoms with Crippen LogP contribution in [0, 0.1) is 0 Å². The van der Waals surface area contributed by atoms with Gasteiger partial charge < -0.3 is 0 Å². The third-order valence-electron chi connectivity index (χ3n) is 1.76. The molecule has 4 heteroatoms. The third kappa shape index (κ3) is 8.63. The molecule has 0 fully saturated rings. The molecule has 0 aromatic rings. The molecule has 2 atom stereocenters. The maximum absolute atomic E-state index is 11.3. The Labute approximate surface area is 92.1 Å². The first kappa shape index (κ1) is 14.0. The lowest BCUT2D eigenvalue weighted by Gasteiger charge is -1.94. The van der Waals surface area contributed by atoms with Crippen LogP contribution in [0.1, 0.15) is 39.5 Å². The van der Waals surface area contributed by atoms with E-state index in [1.165, 1.54) is 0 Å². The summed E-state index contributed by atoms with van der Waals surface area (Å²) in [7, 11) is -1.84. The summed E-state index contributed by atoms with van der Waals surface area (Å²) in [5.41, 5.74) is 0. The molecule has 0 aromatic heterocycles. The molecule has 0 aliphatic heterocycles. The van der Waals surface area contributed by atoms with Crippen LogP contribution in [0.15, 0.2) is 10.8 Å². The molecule has 0 N–H and O–H groups in total. The van der Waals surface area contributed by atoms with Crippen molar-refractivity contribution in [2.24, 2.45) is 0 Å². The molecule has 2 unspecified atom stereocenters. The fourth-order valence-corrected chi connectivity index (χ4v) is 3.24. The summed E-state index contributed by atoms with van der Waals surface area (Å²) >= 11 is 0. The van der Waals surface area contributed by atoms with E-state index in [0.29, 0.717) is 11.5 Å². The minimum Gasteiger partial charge on any atom is -0.255 e. The Morgan fingerprint density at radius 1 is 0.857 bits per heavy atom. The second-order valence-corrected chi connectivity index (χ2v) is 6.03. The number of rotatable bonds is 8. The van der Waals surface area contributed by atoms with Gasteiger partial charge in [-0.3, -0.25) is 8.42 Å². The summed E-state index contributed by atoms with van der Waals surface area (Å²) in [5.74, 6) is 1.38. The van der Waals surface area contributed by atoms with E-state index in [9.17, 15) is 8.42 Å². The largest absolute Gasteiger partial charge is 0.255 e. The van der Waals surface area contributed by atoms with Crippen molar-refractivity contribution in [3.8, 4) is 0 Å². The van der Waals surface area contributed by atoms with E-state index in [4.69, 9.17) is 0 Å². The third-order valence-corrected chi connectivity index (χ3v) is 4.19. The summed E-state index contributed by atoms with van der Waals surface area (Å²) in [6.45, 7) is 4.14. The van der Waals surface area contributed by atoms with Crippen molar-refractivity contribution in [3.63, 3.8) is 0 Å². The maximum atomic E-state index is 11.3. The van der Waals surface area contributed by atoms with Crippen molar-refractivity contribution in [1.82, 2.24) is 0 Å². The predicted octanol–water partition coefficient (Wildman–Crippen LogP) is 2.56. The highest BCUT2D eigenvalue weighted by Gasteiger charge is 1.96. The van der Waals surface area contributed by atoms with E-state index in [1.807, 2.05) is 0 Å². The molecule has 0 radical (unpaired) electrons. The Balaban J connectivity index is 3.68. The van der Waals surface area contributed by atoms with Gasteiger partial charge in [0.15, 0.2) is 0 Å². The Morgan fingerprint density at radius 2 is 1.21 bits per heavy atom. The quantitative estimate of drug-likeness (QED) is 0.649. The van der Waals surface area contributed by atoms with E-state index in [2.05, 4.69) is 13.8 Å². The summed E-state index contributed by atoms with van der Waals surface area (Å²) < 4.78 is 22.5. The van der Waals surface area contributed by atoms with Crippen LogP contribution in [0.3, 0.4) is 0 Å². The molecule has 14 heavy (non-hydrogen) atoms. The van der Waals surface area contributed by atoms with Gasteiger partial charge in [0, 0.05) is 43.9 Å². The van der Waals surface area contributed by atoms with E-state index in [1.54, 1.807) is 10.8 Å². The zero-order chi connectivity index (χ0) is 10.8. The highest BCUT2D eigenvalue weighted by Crippen LogP contribution is 1.97. The normalized spacial score (nSPS) is 15.9. The van der Waals surface area contributed by atoms with Crippen LogP contribution in [0.4, 0.5) is 0 Å². The van der Waals surface area contributed by atoms with Gasteiger partial charge in [0.1, 0.15) is 0 Å². The topological polar surface area (TPSA) is 34.1 Å². The Morgan fingerprint density at radius 3 is 1.50 bits per heavy atom. The smallest absolute Gasteiger partial charge is 0.0462 e. The monoisotopic (exact) mass is 236 g/mol. The molecule has 0 aromatic carbocycles. The van der Waals surface area contributed by atoms with Crippen LogP contribution in [0.25, 0.3) is 0 Å². The molecule has 0 bridgehead atoms. The van der Waals surface area contributed by atoms with Crippen molar-refractivity contribution in [1.29, 1.82) is 0 Å². The average molecular weight is 236 g/mol. The Kier molecular flexibility index (Phi) is 9.62. The van der Waals surface area contributed by atoms with Gasteiger partial charge in [0.25, 0.3) is 0 Å². The molecule has 0 spiro atoms. The first-order valence-electron chi connectivity index (χ1n) is 5.13. The molecule has 0 amide bonds. The maximum Gasteiger partial charge on any atom is 0.0462 e. The van der Waals surface area contributed by atoms with Crippen LogP contribution in [-0.2, 0) is 21.6 Å². The molecule has 84 valence electrons. The van der Waals surface area contributed by atoms with Crippen LogP contribution < -0.4 is 0 Å². The molecule has 0 rings (SSSR count). The van der Waals surface area contributed by atoms with Gasteiger partial charge in [-0.2, -0.15) is 0 Å². The Bertz CT molecular complexity index is 190. The van der Waals surface area contributed by atoms with E-state index in [-0.39, 0.29) is 0 Å². The van der Waals surface area contributed by atoms with Crippen molar-refractivity contribution in [2.75, 3.05) is 11.5 Å². The van der Waals surface area contributed by atoms with Gasteiger partial charge in [0.2, 0.25) is 0 Å². The van der Waals surface area contributed by atoms with Gasteiger partial charge in [-0.1, -0.05) is 26.7 Å². The average Bonchev–Trinajstić information content (AvgIpc) is 2.20. The highest BCUT2D eigenvalue weighted by molar-refractivity contribution is 7.91. The first-order valence-corrected chi connectivity index (χ1v) is 7.89. The molecular formula is C10H20O2S2. The molecule has 2 nitrogen and oxygen atoms in total. The fourth-order valence-electron chi connectivity index (χ4n) is 0.833. The van der Waals surface area contributed by atoms with Gasteiger partial charge >= 0.3 is 0 Å². The molecule has 0 aliphatic rings. The predicted molar refractivity (Wildman–Crippen MR) is 65.0 cm³/mol. The summed E-state index contributed by atoms with van der Waals surface area (Å²) in [4.78, 5) is 0. The lowest BCUT2D eigenvalue weighted by atomic mass is 10.4. The SMILES string of the molecule is CCCCS(=O)/C=C/S(=O)CCCC. The molecular weight excluding hydrogens is 216 g/mol. The molecule has 0 heterocycles. The minimum atomic E-state index is -0.920.